The summed E-state index contributed by atoms with van der Waals surface area (Å²) in [5.74, 6) is 0.595. The second kappa shape index (κ2) is 7.48. The van der Waals surface area contributed by atoms with Gasteiger partial charge in [0.1, 0.15) is 0 Å². The Morgan fingerprint density at radius 1 is 1.16 bits per heavy atom. The number of hydrogen-bond donors (Lipinski definition) is 2. The van der Waals surface area contributed by atoms with Gasteiger partial charge in [0.25, 0.3) is 11.8 Å². The summed E-state index contributed by atoms with van der Waals surface area (Å²) in [4.78, 5) is 23.7. The second-order valence-corrected chi connectivity index (χ2v) is 5.46. The van der Waals surface area contributed by atoms with Crippen LogP contribution in [0.25, 0.3) is 0 Å². The minimum absolute atomic E-state index is 0.161. The molecule has 2 N–H and O–H groups in total. The summed E-state index contributed by atoms with van der Waals surface area (Å²) < 4.78 is 10.5. The zero-order valence-electron chi connectivity index (χ0n) is 13.6. The summed E-state index contributed by atoms with van der Waals surface area (Å²) in [6.07, 6.45) is 1.49. The van der Waals surface area contributed by atoms with Gasteiger partial charge in [-0.05, 0) is 42.8 Å². The summed E-state index contributed by atoms with van der Waals surface area (Å²) in [6.45, 7) is 1.94. The van der Waals surface area contributed by atoms with E-state index in [1.807, 2.05) is 13.0 Å². The molecular weight excluding hydrogens is 322 g/mol. The van der Waals surface area contributed by atoms with Gasteiger partial charge in [0.05, 0.1) is 12.8 Å². The van der Waals surface area contributed by atoms with E-state index in [-0.39, 0.29) is 19.2 Å². The van der Waals surface area contributed by atoms with E-state index in [1.54, 1.807) is 36.4 Å². The fourth-order valence-corrected chi connectivity index (χ4v) is 2.26. The lowest BCUT2D eigenvalue weighted by atomic mass is 10.1. The molecule has 1 aliphatic rings. The van der Waals surface area contributed by atoms with Crippen LogP contribution in [-0.2, 0) is 4.79 Å². The van der Waals surface area contributed by atoms with Crippen LogP contribution in [0.15, 0.2) is 47.6 Å². The van der Waals surface area contributed by atoms with Crippen molar-refractivity contribution in [1.29, 1.82) is 0 Å². The van der Waals surface area contributed by atoms with E-state index in [9.17, 15) is 9.59 Å². The molecule has 1 aliphatic heterocycles. The predicted molar refractivity (Wildman–Crippen MR) is 91.8 cm³/mol. The smallest absolute Gasteiger partial charge is 0.259 e. The first kappa shape index (κ1) is 16.5. The van der Waals surface area contributed by atoms with Crippen molar-refractivity contribution in [3.05, 3.63) is 59.2 Å². The maximum absolute atomic E-state index is 11.9. The zero-order chi connectivity index (χ0) is 17.6. The predicted octanol–water partition coefficient (Wildman–Crippen LogP) is 1.60. The Bertz CT molecular complexity index is 833. The number of nitrogens with zero attached hydrogens (tertiary/aromatic N) is 1. The summed E-state index contributed by atoms with van der Waals surface area (Å²) in [5.41, 5.74) is 4.61. The van der Waals surface area contributed by atoms with E-state index in [1.165, 1.54) is 6.21 Å². The second-order valence-electron chi connectivity index (χ2n) is 5.46. The Kier molecular flexibility index (Phi) is 4.94. The van der Waals surface area contributed by atoms with Gasteiger partial charge in [0.2, 0.25) is 6.79 Å². The molecule has 3 rings (SSSR count). The first-order valence-electron chi connectivity index (χ1n) is 7.68. The topological polar surface area (TPSA) is 89.0 Å². The Morgan fingerprint density at radius 3 is 2.84 bits per heavy atom. The van der Waals surface area contributed by atoms with Gasteiger partial charge in [-0.2, -0.15) is 5.10 Å². The number of carbonyl (C=O) groups is 2. The molecule has 1 heterocycles. The lowest BCUT2D eigenvalue weighted by Crippen LogP contribution is -2.34. The van der Waals surface area contributed by atoms with Crippen LogP contribution in [0.1, 0.15) is 21.5 Å². The highest BCUT2D eigenvalue weighted by Gasteiger charge is 2.12. The molecule has 0 bridgehead atoms. The molecule has 0 radical (unpaired) electrons. The van der Waals surface area contributed by atoms with Gasteiger partial charge in [0, 0.05) is 5.56 Å². The summed E-state index contributed by atoms with van der Waals surface area (Å²) >= 11 is 0. The first-order valence-corrected chi connectivity index (χ1v) is 7.68. The van der Waals surface area contributed by atoms with E-state index >= 15 is 0 Å². The third kappa shape index (κ3) is 4.35. The van der Waals surface area contributed by atoms with Crippen molar-refractivity contribution in [2.45, 2.75) is 6.92 Å². The van der Waals surface area contributed by atoms with Crippen LogP contribution in [0.3, 0.4) is 0 Å². The van der Waals surface area contributed by atoms with Crippen molar-refractivity contribution in [3.8, 4) is 11.5 Å². The molecule has 2 amide bonds. The number of hydrazone groups is 1. The largest absolute Gasteiger partial charge is 0.454 e. The van der Waals surface area contributed by atoms with Gasteiger partial charge in [-0.25, -0.2) is 5.43 Å². The maximum Gasteiger partial charge on any atom is 0.259 e. The fraction of sp³-hybridized carbons (Fsp3) is 0.167. The number of fused-ring (bicyclic) bond motifs is 1. The molecule has 0 unspecified atom stereocenters. The van der Waals surface area contributed by atoms with E-state index in [0.717, 1.165) is 11.1 Å². The fourth-order valence-electron chi connectivity index (χ4n) is 2.26. The molecule has 0 atom stereocenters. The van der Waals surface area contributed by atoms with Crippen LogP contribution in [0, 0.1) is 6.92 Å². The van der Waals surface area contributed by atoms with E-state index in [2.05, 4.69) is 15.8 Å². The van der Waals surface area contributed by atoms with Crippen molar-refractivity contribution in [1.82, 2.24) is 10.7 Å². The molecule has 0 saturated heterocycles. The van der Waals surface area contributed by atoms with E-state index < -0.39 is 5.91 Å². The van der Waals surface area contributed by atoms with Gasteiger partial charge in [-0.3, -0.25) is 9.59 Å². The quantitative estimate of drug-likeness (QED) is 0.640. The molecule has 2 aromatic carbocycles. The van der Waals surface area contributed by atoms with Crippen molar-refractivity contribution >= 4 is 18.0 Å². The van der Waals surface area contributed by atoms with Gasteiger partial charge in [-0.15, -0.1) is 0 Å². The maximum atomic E-state index is 11.9. The van der Waals surface area contributed by atoms with Gasteiger partial charge in [0.15, 0.2) is 11.5 Å². The lowest BCUT2D eigenvalue weighted by molar-refractivity contribution is -0.120. The number of carbonyl (C=O) groups excluding carboxylic acids is 2. The number of nitrogens with one attached hydrogen (secondary N) is 2. The first-order chi connectivity index (χ1) is 12.1. The SMILES string of the molecule is Cc1cccc(C(=O)NCC(=O)N/N=C/c2ccc3c(c2)OCO3)c1. The average Bonchev–Trinajstić information content (AvgIpc) is 3.07. The molecule has 128 valence electrons. The van der Waals surface area contributed by atoms with Crippen LogP contribution >= 0.6 is 0 Å². The van der Waals surface area contributed by atoms with Gasteiger partial charge < -0.3 is 14.8 Å². The lowest BCUT2D eigenvalue weighted by Gasteiger charge is -2.05. The van der Waals surface area contributed by atoms with E-state index in [0.29, 0.717) is 17.1 Å². The summed E-state index contributed by atoms with van der Waals surface area (Å²) in [6, 6.07) is 12.5. The van der Waals surface area contributed by atoms with Crippen LogP contribution < -0.4 is 20.2 Å². The van der Waals surface area contributed by atoms with Crippen LogP contribution in [0.5, 0.6) is 11.5 Å². The van der Waals surface area contributed by atoms with Gasteiger partial charge in [-0.1, -0.05) is 17.7 Å². The zero-order valence-corrected chi connectivity index (χ0v) is 13.6. The summed E-state index contributed by atoms with van der Waals surface area (Å²) in [7, 11) is 0. The molecule has 25 heavy (non-hydrogen) atoms. The number of hydrogen-bond acceptors (Lipinski definition) is 5. The van der Waals surface area contributed by atoms with Crippen molar-refractivity contribution in [2.75, 3.05) is 13.3 Å². The normalized spacial score (nSPS) is 12.2. The number of rotatable bonds is 5. The molecule has 7 nitrogen and oxygen atoms in total. The van der Waals surface area contributed by atoms with Crippen molar-refractivity contribution in [2.24, 2.45) is 5.10 Å². The Hall–Kier alpha value is -3.35. The highest BCUT2D eigenvalue weighted by Crippen LogP contribution is 2.31. The van der Waals surface area contributed by atoms with Crippen LogP contribution in [-0.4, -0.2) is 31.4 Å². The minimum Gasteiger partial charge on any atom is -0.454 e. The molecule has 2 aromatic rings. The molecule has 0 fully saturated rings. The van der Waals surface area contributed by atoms with Crippen molar-refractivity contribution < 1.29 is 19.1 Å². The average molecular weight is 339 g/mol. The monoisotopic (exact) mass is 339 g/mol. The minimum atomic E-state index is -0.419. The molecule has 0 aliphatic carbocycles. The third-order valence-electron chi connectivity index (χ3n) is 3.49. The van der Waals surface area contributed by atoms with Crippen molar-refractivity contribution in [3.63, 3.8) is 0 Å². The molecule has 0 spiro atoms. The summed E-state index contributed by atoms with van der Waals surface area (Å²) in [5, 5.41) is 6.41. The Labute approximate surface area is 144 Å². The number of ether oxygens (including phenoxy) is 2. The van der Waals surface area contributed by atoms with Crippen LogP contribution in [0.4, 0.5) is 0 Å². The number of amides is 2. The molecule has 7 heteroatoms. The van der Waals surface area contributed by atoms with Crippen LogP contribution in [0.2, 0.25) is 0 Å². The number of aryl methyl sites for hydroxylation is 1. The highest BCUT2D eigenvalue weighted by atomic mass is 16.7. The third-order valence-corrected chi connectivity index (χ3v) is 3.49. The number of benzene rings is 2. The molecular formula is C18H17N3O4. The standard InChI is InChI=1S/C18H17N3O4/c1-12-3-2-4-14(7-12)18(23)19-10-17(22)21-20-9-13-5-6-15-16(8-13)25-11-24-15/h2-9H,10-11H2,1H3,(H,19,23)(H,21,22)/b20-9+. The molecule has 0 saturated carbocycles. The van der Waals surface area contributed by atoms with Gasteiger partial charge >= 0.3 is 0 Å². The highest BCUT2D eigenvalue weighted by molar-refractivity contribution is 5.96. The Morgan fingerprint density at radius 2 is 2.00 bits per heavy atom. The Balaban J connectivity index is 1.47. The molecule has 0 aromatic heterocycles. The van der Waals surface area contributed by atoms with E-state index in [4.69, 9.17) is 9.47 Å².